The van der Waals surface area contributed by atoms with Gasteiger partial charge in [0.1, 0.15) is 4.99 Å². The van der Waals surface area contributed by atoms with E-state index in [-0.39, 0.29) is 4.99 Å². The molecule has 2 atom stereocenters. The van der Waals surface area contributed by atoms with Gasteiger partial charge < -0.3 is 5.73 Å². The number of nitrogens with two attached hydrogens (primary N) is 1. The normalized spacial score (nSPS) is 26.0. The lowest BCUT2D eigenvalue weighted by atomic mass is 10.0. The molecule has 1 heterocycles. The summed E-state index contributed by atoms with van der Waals surface area (Å²) < 4.78 is 27.5. The van der Waals surface area contributed by atoms with Gasteiger partial charge in [-0.15, -0.1) is 0 Å². The Balaban J connectivity index is 1.95. The summed E-state index contributed by atoms with van der Waals surface area (Å²) in [6.45, 7) is 3.13. The van der Waals surface area contributed by atoms with E-state index in [1.807, 2.05) is 6.92 Å². The second-order valence-corrected chi connectivity index (χ2v) is 8.46. The first kappa shape index (κ1) is 14.9. The van der Waals surface area contributed by atoms with Crippen molar-refractivity contribution >= 4 is 27.2 Å². The van der Waals surface area contributed by atoms with Crippen molar-refractivity contribution in [1.29, 1.82) is 0 Å². The molecule has 114 valence electrons. The minimum atomic E-state index is -3.45. The minimum absolute atomic E-state index is 0.227. The third-order valence-electron chi connectivity index (χ3n) is 4.78. The van der Waals surface area contributed by atoms with Crippen LogP contribution in [0.4, 0.5) is 0 Å². The molecule has 2 fully saturated rings. The number of rotatable bonds is 3. The Hall–Kier alpha value is -0.980. The third kappa shape index (κ3) is 2.60. The summed E-state index contributed by atoms with van der Waals surface area (Å²) in [4.78, 5) is 0.567. The van der Waals surface area contributed by atoms with E-state index in [2.05, 4.69) is 0 Å². The van der Waals surface area contributed by atoms with E-state index in [0.29, 0.717) is 35.4 Å². The summed E-state index contributed by atoms with van der Waals surface area (Å²) in [5, 5.41) is 0. The lowest BCUT2D eigenvalue weighted by Crippen LogP contribution is -2.30. The standard InChI is InChI=1S/C15H20N2O2S2/c1-10-5-6-11(15(16)20)7-14(10)21(18,19)17-8-12-3-2-4-13(12)9-17/h5-7,12-13H,2-4,8-9H2,1H3,(H2,16,20). The SMILES string of the molecule is Cc1ccc(C(N)=S)cc1S(=O)(=O)N1CC2CCCC2C1. The fourth-order valence-corrected chi connectivity index (χ4v) is 5.49. The molecule has 0 spiro atoms. The number of hydrogen-bond acceptors (Lipinski definition) is 3. The first-order valence-corrected chi connectivity index (χ1v) is 9.15. The maximum Gasteiger partial charge on any atom is 0.243 e. The van der Waals surface area contributed by atoms with Gasteiger partial charge in [-0.3, -0.25) is 0 Å². The molecule has 0 amide bonds. The molecule has 1 saturated carbocycles. The van der Waals surface area contributed by atoms with E-state index in [1.54, 1.807) is 22.5 Å². The van der Waals surface area contributed by atoms with Gasteiger partial charge in [-0.1, -0.05) is 30.8 Å². The summed E-state index contributed by atoms with van der Waals surface area (Å²) in [6.07, 6.45) is 3.55. The highest BCUT2D eigenvalue weighted by Crippen LogP contribution is 2.40. The van der Waals surface area contributed by atoms with E-state index in [4.69, 9.17) is 18.0 Å². The highest BCUT2D eigenvalue weighted by Gasteiger charge is 2.41. The maximum atomic E-state index is 12.9. The average Bonchev–Trinajstić information content (AvgIpc) is 2.99. The average molecular weight is 324 g/mol. The molecular weight excluding hydrogens is 304 g/mol. The van der Waals surface area contributed by atoms with Crippen molar-refractivity contribution in [3.05, 3.63) is 29.3 Å². The zero-order valence-electron chi connectivity index (χ0n) is 12.1. The Bertz CT molecular complexity index is 673. The monoisotopic (exact) mass is 324 g/mol. The number of nitrogens with zero attached hydrogens (tertiary/aromatic N) is 1. The van der Waals surface area contributed by atoms with Crippen LogP contribution < -0.4 is 5.73 Å². The van der Waals surface area contributed by atoms with Crippen molar-refractivity contribution < 1.29 is 8.42 Å². The predicted molar refractivity (Wildman–Crippen MR) is 86.7 cm³/mol. The summed E-state index contributed by atoms with van der Waals surface area (Å²) in [5.41, 5.74) is 6.98. The number of thiocarbonyl (C=S) groups is 1. The number of hydrogen-bond donors (Lipinski definition) is 1. The number of aryl methyl sites for hydroxylation is 1. The van der Waals surface area contributed by atoms with Crippen LogP contribution in [-0.2, 0) is 10.0 Å². The van der Waals surface area contributed by atoms with Gasteiger partial charge in [0.25, 0.3) is 0 Å². The summed E-state index contributed by atoms with van der Waals surface area (Å²) in [7, 11) is -3.45. The van der Waals surface area contributed by atoms with Gasteiger partial charge in [0.15, 0.2) is 0 Å². The van der Waals surface area contributed by atoms with Gasteiger partial charge in [0.05, 0.1) is 4.90 Å². The quantitative estimate of drug-likeness (QED) is 0.864. The van der Waals surface area contributed by atoms with Gasteiger partial charge in [-0.2, -0.15) is 4.31 Å². The van der Waals surface area contributed by atoms with E-state index in [1.165, 1.54) is 6.42 Å². The van der Waals surface area contributed by atoms with Crippen molar-refractivity contribution in [2.24, 2.45) is 17.6 Å². The van der Waals surface area contributed by atoms with E-state index >= 15 is 0 Å². The summed E-state index contributed by atoms with van der Waals surface area (Å²) in [6, 6.07) is 5.16. The molecule has 4 nitrogen and oxygen atoms in total. The van der Waals surface area contributed by atoms with Gasteiger partial charge in [0, 0.05) is 18.7 Å². The largest absolute Gasteiger partial charge is 0.389 e. The molecule has 1 saturated heterocycles. The van der Waals surface area contributed by atoms with Crippen molar-refractivity contribution in [2.45, 2.75) is 31.1 Å². The van der Waals surface area contributed by atoms with Crippen LogP contribution in [0.1, 0.15) is 30.4 Å². The summed E-state index contributed by atoms with van der Waals surface area (Å²) >= 11 is 4.96. The smallest absolute Gasteiger partial charge is 0.243 e. The Morgan fingerprint density at radius 2 is 1.90 bits per heavy atom. The lowest BCUT2D eigenvalue weighted by molar-refractivity contribution is 0.445. The third-order valence-corrected chi connectivity index (χ3v) is 6.99. The van der Waals surface area contributed by atoms with Gasteiger partial charge in [0.2, 0.25) is 10.0 Å². The molecule has 3 rings (SSSR count). The molecule has 1 aliphatic heterocycles. The van der Waals surface area contributed by atoms with Crippen LogP contribution in [0.3, 0.4) is 0 Å². The van der Waals surface area contributed by atoms with Crippen LogP contribution in [0.15, 0.2) is 23.1 Å². The first-order valence-electron chi connectivity index (χ1n) is 7.30. The van der Waals surface area contributed by atoms with Gasteiger partial charge >= 0.3 is 0 Å². The van der Waals surface area contributed by atoms with Crippen molar-refractivity contribution in [3.8, 4) is 0 Å². The van der Waals surface area contributed by atoms with Crippen molar-refractivity contribution in [3.63, 3.8) is 0 Å². The Morgan fingerprint density at radius 1 is 1.29 bits per heavy atom. The second kappa shape index (κ2) is 5.34. The zero-order chi connectivity index (χ0) is 15.2. The van der Waals surface area contributed by atoms with E-state index < -0.39 is 10.0 Å². The molecular formula is C15H20N2O2S2. The van der Waals surface area contributed by atoms with Gasteiger partial charge in [-0.05, 0) is 43.2 Å². The molecule has 2 aliphatic rings. The molecule has 1 aromatic carbocycles. The molecule has 2 N–H and O–H groups in total. The minimum Gasteiger partial charge on any atom is -0.389 e. The maximum absolute atomic E-state index is 12.9. The van der Waals surface area contributed by atoms with Crippen LogP contribution in [0, 0.1) is 18.8 Å². The van der Waals surface area contributed by atoms with Crippen LogP contribution in [-0.4, -0.2) is 30.8 Å². The first-order chi connectivity index (χ1) is 9.89. The number of sulfonamides is 1. The van der Waals surface area contributed by atoms with Crippen LogP contribution in [0.2, 0.25) is 0 Å². The molecule has 21 heavy (non-hydrogen) atoms. The molecule has 0 radical (unpaired) electrons. The molecule has 0 bridgehead atoms. The van der Waals surface area contributed by atoms with E-state index in [0.717, 1.165) is 18.4 Å². The topological polar surface area (TPSA) is 63.4 Å². The summed E-state index contributed by atoms with van der Waals surface area (Å²) in [5.74, 6) is 1.08. The molecule has 2 unspecified atom stereocenters. The molecule has 1 aromatic rings. The van der Waals surface area contributed by atoms with Crippen LogP contribution in [0.25, 0.3) is 0 Å². The van der Waals surface area contributed by atoms with Crippen molar-refractivity contribution in [2.75, 3.05) is 13.1 Å². The fourth-order valence-electron chi connectivity index (χ4n) is 3.56. The van der Waals surface area contributed by atoms with Crippen molar-refractivity contribution in [1.82, 2.24) is 4.31 Å². The highest BCUT2D eigenvalue weighted by atomic mass is 32.2. The molecule has 6 heteroatoms. The second-order valence-electron chi connectivity index (χ2n) is 6.12. The Kier molecular flexibility index (Phi) is 3.80. The van der Waals surface area contributed by atoms with Crippen LogP contribution in [0.5, 0.6) is 0 Å². The fraction of sp³-hybridized carbons (Fsp3) is 0.533. The number of fused-ring (bicyclic) bond motifs is 1. The highest BCUT2D eigenvalue weighted by molar-refractivity contribution is 7.89. The molecule has 0 aromatic heterocycles. The Morgan fingerprint density at radius 3 is 2.48 bits per heavy atom. The lowest BCUT2D eigenvalue weighted by Gasteiger charge is -2.19. The zero-order valence-corrected chi connectivity index (χ0v) is 13.7. The van der Waals surface area contributed by atoms with Gasteiger partial charge in [-0.25, -0.2) is 8.42 Å². The van der Waals surface area contributed by atoms with E-state index in [9.17, 15) is 8.42 Å². The van der Waals surface area contributed by atoms with Crippen LogP contribution >= 0.6 is 12.2 Å². The molecule has 1 aliphatic carbocycles. The number of benzene rings is 1. The Labute approximate surface area is 131 Å². The predicted octanol–water partition coefficient (Wildman–Crippen LogP) is 2.05.